The van der Waals surface area contributed by atoms with Crippen LogP contribution in [0.5, 0.6) is 0 Å². The van der Waals surface area contributed by atoms with Crippen LogP contribution >= 0.6 is 0 Å². The van der Waals surface area contributed by atoms with Gasteiger partial charge in [0, 0.05) is 12.2 Å². The maximum atomic E-state index is 12.7. The zero-order valence-corrected chi connectivity index (χ0v) is 14.2. The molecule has 2 aromatic heterocycles. The van der Waals surface area contributed by atoms with Crippen LogP contribution in [0.25, 0.3) is 16.7 Å². The fourth-order valence-corrected chi connectivity index (χ4v) is 3.15. The summed E-state index contributed by atoms with van der Waals surface area (Å²) in [6.07, 6.45) is 0. The topological polar surface area (TPSA) is 64.2 Å². The predicted molar refractivity (Wildman–Crippen MR) is 98.9 cm³/mol. The molecule has 4 aromatic rings. The first-order chi connectivity index (χ1) is 12.2. The van der Waals surface area contributed by atoms with Crippen LogP contribution in [-0.4, -0.2) is 19.2 Å². The molecule has 2 heterocycles. The average molecular weight is 333 g/mol. The minimum Gasteiger partial charge on any atom is -0.378 e. The molecule has 2 aromatic carbocycles. The molecule has 0 spiro atoms. The highest BCUT2D eigenvalue weighted by Crippen LogP contribution is 2.16. The van der Waals surface area contributed by atoms with Crippen molar-refractivity contribution in [2.45, 2.75) is 26.9 Å². The molecular formula is C19H19N5O. The fraction of sp³-hybridized carbons (Fsp3) is 0.211. The van der Waals surface area contributed by atoms with Crippen molar-refractivity contribution in [3.05, 3.63) is 70.3 Å². The average Bonchev–Trinajstić information content (AvgIpc) is 3.04. The largest absolute Gasteiger partial charge is 0.378 e. The Bertz CT molecular complexity index is 1130. The Kier molecular flexibility index (Phi) is 3.72. The number of nitrogens with one attached hydrogen (secondary N) is 1. The molecule has 25 heavy (non-hydrogen) atoms. The lowest BCUT2D eigenvalue weighted by Gasteiger charge is -2.10. The molecule has 0 bridgehead atoms. The molecule has 0 radical (unpaired) electrons. The van der Waals surface area contributed by atoms with Gasteiger partial charge in [-0.25, -0.2) is 0 Å². The first-order valence-electron chi connectivity index (χ1n) is 8.35. The molecule has 0 aliphatic heterocycles. The second-order valence-corrected chi connectivity index (χ2v) is 6.04. The van der Waals surface area contributed by atoms with Gasteiger partial charge in [-0.2, -0.15) is 0 Å². The summed E-state index contributed by atoms with van der Waals surface area (Å²) in [5, 5.41) is 12.7. The van der Waals surface area contributed by atoms with Crippen LogP contribution in [0.2, 0.25) is 0 Å². The molecule has 4 rings (SSSR count). The monoisotopic (exact) mass is 333 g/mol. The number of hydrogen-bond acceptors (Lipinski definition) is 4. The summed E-state index contributed by atoms with van der Waals surface area (Å²) in [6, 6.07) is 15.8. The SMILES string of the molecule is CCn1c(=O)c2ccccc2n2c(CNc3cccc(C)c3)nnc12. The van der Waals surface area contributed by atoms with Gasteiger partial charge in [0.2, 0.25) is 5.78 Å². The van der Waals surface area contributed by atoms with E-state index in [0.29, 0.717) is 24.3 Å². The van der Waals surface area contributed by atoms with Crippen LogP contribution in [0.3, 0.4) is 0 Å². The van der Waals surface area contributed by atoms with Crippen molar-refractivity contribution in [1.29, 1.82) is 0 Å². The quantitative estimate of drug-likeness (QED) is 0.623. The van der Waals surface area contributed by atoms with Crippen molar-refractivity contribution in [2.75, 3.05) is 5.32 Å². The van der Waals surface area contributed by atoms with Gasteiger partial charge >= 0.3 is 0 Å². The molecule has 0 saturated carbocycles. The molecule has 0 unspecified atom stereocenters. The van der Waals surface area contributed by atoms with Gasteiger partial charge in [-0.15, -0.1) is 10.2 Å². The van der Waals surface area contributed by atoms with Crippen LogP contribution in [0, 0.1) is 6.92 Å². The van der Waals surface area contributed by atoms with Crippen LogP contribution in [-0.2, 0) is 13.1 Å². The molecule has 6 heteroatoms. The molecule has 0 fully saturated rings. The molecule has 0 amide bonds. The summed E-state index contributed by atoms with van der Waals surface area (Å²) in [5.41, 5.74) is 3.03. The van der Waals surface area contributed by atoms with Crippen LogP contribution < -0.4 is 10.9 Å². The second-order valence-electron chi connectivity index (χ2n) is 6.04. The van der Waals surface area contributed by atoms with Crippen molar-refractivity contribution in [3.63, 3.8) is 0 Å². The lowest BCUT2D eigenvalue weighted by Crippen LogP contribution is -2.22. The Hall–Kier alpha value is -3.15. The van der Waals surface area contributed by atoms with E-state index in [4.69, 9.17) is 0 Å². The summed E-state index contributed by atoms with van der Waals surface area (Å²) in [7, 11) is 0. The van der Waals surface area contributed by atoms with Gasteiger partial charge in [0.1, 0.15) is 0 Å². The summed E-state index contributed by atoms with van der Waals surface area (Å²) in [4.78, 5) is 12.7. The molecule has 126 valence electrons. The molecule has 0 saturated heterocycles. The van der Waals surface area contributed by atoms with Gasteiger partial charge in [-0.1, -0.05) is 24.3 Å². The van der Waals surface area contributed by atoms with E-state index in [1.807, 2.05) is 47.7 Å². The summed E-state index contributed by atoms with van der Waals surface area (Å²) < 4.78 is 3.62. The first kappa shape index (κ1) is 15.4. The standard InChI is InChI=1S/C19H19N5O/c1-3-23-18(25)15-9-4-5-10-16(15)24-17(21-22-19(23)24)12-20-14-8-6-7-13(2)11-14/h4-11,20H,3,12H2,1-2H3. The summed E-state index contributed by atoms with van der Waals surface area (Å²) in [5.74, 6) is 1.35. The minimum absolute atomic E-state index is 0.0313. The van der Waals surface area contributed by atoms with Crippen molar-refractivity contribution in [1.82, 2.24) is 19.2 Å². The lowest BCUT2D eigenvalue weighted by atomic mass is 10.2. The molecule has 0 aliphatic rings. The fourth-order valence-electron chi connectivity index (χ4n) is 3.15. The number of fused-ring (bicyclic) bond motifs is 3. The third-order valence-corrected chi connectivity index (χ3v) is 4.36. The number of rotatable bonds is 4. The normalized spacial score (nSPS) is 11.3. The summed E-state index contributed by atoms with van der Waals surface area (Å²) in [6.45, 7) is 5.08. The third-order valence-electron chi connectivity index (χ3n) is 4.36. The van der Waals surface area contributed by atoms with Gasteiger partial charge in [0.25, 0.3) is 5.56 Å². The molecule has 1 N–H and O–H groups in total. The van der Waals surface area contributed by atoms with Crippen molar-refractivity contribution in [3.8, 4) is 0 Å². The van der Waals surface area contributed by atoms with Crippen molar-refractivity contribution >= 4 is 22.4 Å². The Morgan fingerprint density at radius 3 is 2.72 bits per heavy atom. The number of aryl methyl sites for hydroxylation is 2. The molecular weight excluding hydrogens is 314 g/mol. The zero-order chi connectivity index (χ0) is 17.4. The van der Waals surface area contributed by atoms with Gasteiger partial charge in [0.15, 0.2) is 5.82 Å². The van der Waals surface area contributed by atoms with E-state index in [0.717, 1.165) is 17.0 Å². The minimum atomic E-state index is -0.0313. The van der Waals surface area contributed by atoms with Crippen LogP contribution in [0.15, 0.2) is 53.3 Å². The van der Waals surface area contributed by atoms with E-state index < -0.39 is 0 Å². The van der Waals surface area contributed by atoms with E-state index in [1.165, 1.54) is 5.56 Å². The van der Waals surface area contributed by atoms with E-state index in [1.54, 1.807) is 4.57 Å². The van der Waals surface area contributed by atoms with Crippen LogP contribution in [0.4, 0.5) is 5.69 Å². The summed E-state index contributed by atoms with van der Waals surface area (Å²) >= 11 is 0. The van der Waals surface area contributed by atoms with Gasteiger partial charge in [-0.05, 0) is 43.7 Å². The first-order valence-corrected chi connectivity index (χ1v) is 8.35. The number of para-hydroxylation sites is 1. The molecule has 0 aliphatic carbocycles. The van der Waals surface area contributed by atoms with Gasteiger partial charge in [-0.3, -0.25) is 13.8 Å². The maximum Gasteiger partial charge on any atom is 0.262 e. The Morgan fingerprint density at radius 1 is 1.08 bits per heavy atom. The van der Waals surface area contributed by atoms with E-state index >= 15 is 0 Å². The number of nitrogens with zero attached hydrogens (tertiary/aromatic N) is 4. The second kappa shape index (κ2) is 6.05. The zero-order valence-electron chi connectivity index (χ0n) is 14.2. The van der Waals surface area contributed by atoms with Crippen LogP contribution in [0.1, 0.15) is 18.3 Å². The highest BCUT2D eigenvalue weighted by Gasteiger charge is 2.15. The number of hydrogen-bond donors (Lipinski definition) is 1. The smallest absolute Gasteiger partial charge is 0.262 e. The van der Waals surface area contributed by atoms with Gasteiger partial charge in [0.05, 0.1) is 17.4 Å². The Morgan fingerprint density at radius 2 is 1.92 bits per heavy atom. The van der Waals surface area contributed by atoms with Crippen molar-refractivity contribution in [2.24, 2.45) is 0 Å². The van der Waals surface area contributed by atoms with E-state index in [-0.39, 0.29) is 5.56 Å². The van der Waals surface area contributed by atoms with E-state index in [9.17, 15) is 4.79 Å². The number of anilines is 1. The lowest BCUT2D eigenvalue weighted by molar-refractivity contribution is 0.734. The van der Waals surface area contributed by atoms with E-state index in [2.05, 4.69) is 34.6 Å². The molecule has 0 atom stereocenters. The van der Waals surface area contributed by atoms with Gasteiger partial charge < -0.3 is 5.32 Å². The maximum absolute atomic E-state index is 12.7. The number of aromatic nitrogens is 4. The molecule has 6 nitrogen and oxygen atoms in total. The highest BCUT2D eigenvalue weighted by molar-refractivity contribution is 5.80. The predicted octanol–water partition coefficient (Wildman–Crippen LogP) is 2.98. The van der Waals surface area contributed by atoms with Crippen molar-refractivity contribution < 1.29 is 0 Å². The Balaban J connectivity index is 1.85. The highest BCUT2D eigenvalue weighted by atomic mass is 16.1. The third kappa shape index (κ3) is 2.55. The Labute approximate surface area is 144 Å². The number of benzene rings is 2.